The Hall–Kier alpha value is -1.39. The lowest BCUT2D eigenvalue weighted by Gasteiger charge is -2.00. The minimum atomic E-state index is 0.733. The number of ether oxygens (including phenoxy) is 1. The molecule has 0 radical (unpaired) electrons. The van der Waals surface area contributed by atoms with Crippen molar-refractivity contribution < 1.29 is 4.74 Å². The van der Waals surface area contributed by atoms with Crippen molar-refractivity contribution in [2.45, 2.75) is 25.4 Å². The number of hydrogen-bond acceptors (Lipinski definition) is 4. The van der Waals surface area contributed by atoms with Crippen molar-refractivity contribution in [2.75, 3.05) is 7.11 Å². The zero-order valence-corrected chi connectivity index (χ0v) is 11.2. The summed E-state index contributed by atoms with van der Waals surface area (Å²) in [6.45, 7) is 0.886. The third-order valence-electron chi connectivity index (χ3n) is 3.04. The molecular formula is C14H16N2OS. The summed E-state index contributed by atoms with van der Waals surface area (Å²) in [6.07, 6.45) is 2.63. The van der Waals surface area contributed by atoms with Gasteiger partial charge in [-0.3, -0.25) is 0 Å². The summed E-state index contributed by atoms with van der Waals surface area (Å²) in [6, 6.07) is 8.78. The average molecular weight is 260 g/mol. The maximum absolute atomic E-state index is 5.16. The highest BCUT2D eigenvalue weighted by atomic mass is 32.1. The van der Waals surface area contributed by atoms with Gasteiger partial charge in [-0.05, 0) is 37.1 Å². The van der Waals surface area contributed by atoms with Gasteiger partial charge in [-0.15, -0.1) is 11.3 Å². The minimum absolute atomic E-state index is 0.733. The lowest BCUT2D eigenvalue weighted by molar-refractivity contribution is 0.415. The number of nitrogens with zero attached hydrogens (tertiary/aromatic N) is 1. The molecule has 4 heteroatoms. The second-order valence-electron chi connectivity index (χ2n) is 4.53. The van der Waals surface area contributed by atoms with Crippen molar-refractivity contribution in [3.63, 3.8) is 0 Å². The van der Waals surface area contributed by atoms with Crippen molar-refractivity contribution >= 4 is 11.3 Å². The molecule has 1 N–H and O–H groups in total. The van der Waals surface area contributed by atoms with Crippen LogP contribution in [0.25, 0.3) is 10.6 Å². The molecule has 0 atom stereocenters. The molecule has 18 heavy (non-hydrogen) atoms. The van der Waals surface area contributed by atoms with Crippen LogP contribution in [-0.4, -0.2) is 18.1 Å². The standard InChI is InChI=1S/C14H16N2OS/c1-17-13-6-2-10(3-7-13)14-16-12(9-18-14)8-15-11-4-5-11/h2-3,6-7,9,11,15H,4-5,8H2,1H3. The molecule has 1 aromatic carbocycles. The van der Waals surface area contributed by atoms with E-state index < -0.39 is 0 Å². The largest absolute Gasteiger partial charge is 0.497 e. The van der Waals surface area contributed by atoms with E-state index >= 15 is 0 Å². The Bertz CT molecular complexity index is 517. The Balaban J connectivity index is 1.70. The van der Waals surface area contributed by atoms with Gasteiger partial charge in [0.1, 0.15) is 10.8 Å². The number of rotatable bonds is 5. The maximum Gasteiger partial charge on any atom is 0.123 e. The smallest absolute Gasteiger partial charge is 0.123 e. The zero-order chi connectivity index (χ0) is 12.4. The fourth-order valence-corrected chi connectivity index (χ4v) is 2.62. The monoisotopic (exact) mass is 260 g/mol. The van der Waals surface area contributed by atoms with E-state index in [1.54, 1.807) is 18.4 Å². The first-order valence-electron chi connectivity index (χ1n) is 6.17. The summed E-state index contributed by atoms with van der Waals surface area (Å²) >= 11 is 1.70. The van der Waals surface area contributed by atoms with Gasteiger partial charge in [0.05, 0.1) is 12.8 Å². The second-order valence-corrected chi connectivity index (χ2v) is 5.39. The van der Waals surface area contributed by atoms with Crippen LogP contribution in [0.5, 0.6) is 5.75 Å². The number of methoxy groups -OCH3 is 1. The molecule has 1 aromatic heterocycles. The molecule has 1 saturated carbocycles. The van der Waals surface area contributed by atoms with Gasteiger partial charge in [-0.1, -0.05) is 0 Å². The van der Waals surface area contributed by atoms with Gasteiger partial charge < -0.3 is 10.1 Å². The molecule has 0 saturated heterocycles. The summed E-state index contributed by atoms with van der Waals surface area (Å²) in [5, 5.41) is 6.69. The van der Waals surface area contributed by atoms with Gasteiger partial charge in [0.25, 0.3) is 0 Å². The highest BCUT2D eigenvalue weighted by Crippen LogP contribution is 2.26. The fraction of sp³-hybridized carbons (Fsp3) is 0.357. The van der Waals surface area contributed by atoms with E-state index in [0.29, 0.717) is 0 Å². The molecule has 3 rings (SSSR count). The Morgan fingerprint density at radius 1 is 1.33 bits per heavy atom. The quantitative estimate of drug-likeness (QED) is 0.897. The third-order valence-corrected chi connectivity index (χ3v) is 3.98. The maximum atomic E-state index is 5.16. The first-order valence-corrected chi connectivity index (χ1v) is 7.05. The normalized spacial score (nSPS) is 14.7. The number of hydrogen-bond donors (Lipinski definition) is 1. The van der Waals surface area contributed by atoms with E-state index in [-0.39, 0.29) is 0 Å². The van der Waals surface area contributed by atoms with E-state index in [9.17, 15) is 0 Å². The molecule has 94 valence electrons. The van der Waals surface area contributed by atoms with Crippen LogP contribution in [0.2, 0.25) is 0 Å². The molecule has 0 bridgehead atoms. The van der Waals surface area contributed by atoms with Crippen LogP contribution in [0.4, 0.5) is 0 Å². The number of benzene rings is 1. The predicted octanol–water partition coefficient (Wildman–Crippen LogP) is 3.07. The second kappa shape index (κ2) is 5.08. The van der Waals surface area contributed by atoms with E-state index in [2.05, 4.69) is 27.8 Å². The van der Waals surface area contributed by atoms with Crippen molar-refractivity contribution in [1.29, 1.82) is 0 Å². The van der Waals surface area contributed by atoms with Gasteiger partial charge in [0.2, 0.25) is 0 Å². The molecule has 1 fully saturated rings. The molecule has 2 aromatic rings. The molecule has 0 amide bonds. The van der Waals surface area contributed by atoms with Gasteiger partial charge in [-0.2, -0.15) is 0 Å². The van der Waals surface area contributed by atoms with Crippen molar-refractivity contribution in [3.05, 3.63) is 35.3 Å². The van der Waals surface area contributed by atoms with Gasteiger partial charge in [-0.25, -0.2) is 4.98 Å². The highest BCUT2D eigenvalue weighted by Gasteiger charge is 2.20. The zero-order valence-electron chi connectivity index (χ0n) is 10.3. The number of aromatic nitrogens is 1. The van der Waals surface area contributed by atoms with E-state index in [1.165, 1.54) is 12.8 Å². The lowest BCUT2D eigenvalue weighted by Crippen LogP contribution is -2.15. The summed E-state index contributed by atoms with van der Waals surface area (Å²) in [5.74, 6) is 0.880. The van der Waals surface area contributed by atoms with E-state index in [0.717, 1.165) is 34.6 Å². The van der Waals surface area contributed by atoms with Crippen LogP contribution < -0.4 is 10.1 Å². The van der Waals surface area contributed by atoms with Crippen molar-refractivity contribution in [3.8, 4) is 16.3 Å². The molecule has 1 heterocycles. The molecule has 3 nitrogen and oxygen atoms in total. The fourth-order valence-electron chi connectivity index (χ4n) is 1.79. The molecule has 0 unspecified atom stereocenters. The van der Waals surface area contributed by atoms with Crippen LogP contribution in [0.3, 0.4) is 0 Å². The Kier molecular flexibility index (Phi) is 3.30. The Labute approximate surface area is 111 Å². The van der Waals surface area contributed by atoms with Crippen LogP contribution >= 0.6 is 11.3 Å². The third kappa shape index (κ3) is 2.71. The topological polar surface area (TPSA) is 34.1 Å². The Morgan fingerprint density at radius 3 is 2.78 bits per heavy atom. The summed E-state index contributed by atoms with van der Waals surface area (Å²) < 4.78 is 5.16. The molecule has 1 aliphatic rings. The molecule has 1 aliphatic carbocycles. The van der Waals surface area contributed by atoms with Crippen LogP contribution in [0.1, 0.15) is 18.5 Å². The predicted molar refractivity (Wildman–Crippen MR) is 74.0 cm³/mol. The first-order chi connectivity index (χ1) is 8.85. The van der Waals surface area contributed by atoms with Gasteiger partial charge in [0.15, 0.2) is 0 Å². The molecular weight excluding hydrogens is 244 g/mol. The van der Waals surface area contributed by atoms with Gasteiger partial charge >= 0.3 is 0 Å². The SMILES string of the molecule is COc1ccc(-c2nc(CNC3CC3)cs2)cc1. The molecule has 0 spiro atoms. The lowest BCUT2D eigenvalue weighted by atomic mass is 10.2. The number of thiazole rings is 1. The molecule has 0 aliphatic heterocycles. The highest BCUT2D eigenvalue weighted by molar-refractivity contribution is 7.13. The minimum Gasteiger partial charge on any atom is -0.497 e. The van der Waals surface area contributed by atoms with Crippen molar-refractivity contribution in [2.24, 2.45) is 0 Å². The number of nitrogens with one attached hydrogen (secondary N) is 1. The summed E-state index contributed by atoms with van der Waals surface area (Å²) in [7, 11) is 1.68. The van der Waals surface area contributed by atoms with E-state index in [1.807, 2.05) is 12.1 Å². The average Bonchev–Trinajstić information content (AvgIpc) is 3.14. The van der Waals surface area contributed by atoms with Crippen LogP contribution in [0, 0.1) is 0 Å². The van der Waals surface area contributed by atoms with Crippen LogP contribution in [-0.2, 0) is 6.54 Å². The van der Waals surface area contributed by atoms with Crippen molar-refractivity contribution in [1.82, 2.24) is 10.3 Å². The van der Waals surface area contributed by atoms with Gasteiger partial charge in [0, 0.05) is 23.5 Å². The Morgan fingerprint density at radius 2 is 2.11 bits per heavy atom. The van der Waals surface area contributed by atoms with Crippen LogP contribution in [0.15, 0.2) is 29.6 Å². The van der Waals surface area contributed by atoms with E-state index in [4.69, 9.17) is 4.74 Å². The first kappa shape index (κ1) is 11.7. The summed E-state index contributed by atoms with van der Waals surface area (Å²) in [5.41, 5.74) is 2.29. The summed E-state index contributed by atoms with van der Waals surface area (Å²) in [4.78, 5) is 4.65.